The molecule has 0 spiro atoms. The highest BCUT2D eigenvalue weighted by Crippen LogP contribution is 2.30. The van der Waals surface area contributed by atoms with Crippen molar-refractivity contribution < 1.29 is 4.52 Å². The Kier molecular flexibility index (Phi) is 3.28. The standard InChI is InChI=1S/C10H15N5OS/c1-4-15(5-2)10-13-8(16-14-10)7-6(3)12-9(11)17-7/h4-5H2,1-3H3,(H2,11,12). The highest BCUT2D eigenvalue weighted by atomic mass is 32.1. The molecule has 2 aromatic rings. The number of aryl methyl sites for hydroxylation is 1. The lowest BCUT2D eigenvalue weighted by atomic mass is 10.4. The van der Waals surface area contributed by atoms with Crippen LogP contribution in [0.2, 0.25) is 0 Å². The van der Waals surface area contributed by atoms with Gasteiger partial charge in [0.15, 0.2) is 5.13 Å². The van der Waals surface area contributed by atoms with Gasteiger partial charge in [0, 0.05) is 13.1 Å². The van der Waals surface area contributed by atoms with Crippen molar-refractivity contribution >= 4 is 22.4 Å². The molecule has 7 heteroatoms. The molecule has 0 radical (unpaired) electrons. The van der Waals surface area contributed by atoms with Gasteiger partial charge in [-0.1, -0.05) is 11.3 Å². The van der Waals surface area contributed by atoms with Crippen LogP contribution in [0.3, 0.4) is 0 Å². The Labute approximate surface area is 103 Å². The molecule has 0 aliphatic rings. The van der Waals surface area contributed by atoms with Gasteiger partial charge < -0.3 is 15.2 Å². The first kappa shape index (κ1) is 11.8. The molecule has 6 nitrogen and oxygen atoms in total. The Morgan fingerprint density at radius 1 is 1.29 bits per heavy atom. The second kappa shape index (κ2) is 4.70. The van der Waals surface area contributed by atoms with Crippen LogP contribution in [-0.2, 0) is 0 Å². The molecular formula is C10H15N5OS. The van der Waals surface area contributed by atoms with E-state index < -0.39 is 0 Å². The largest absolute Gasteiger partial charge is 0.375 e. The summed E-state index contributed by atoms with van der Waals surface area (Å²) in [5.41, 5.74) is 6.46. The van der Waals surface area contributed by atoms with Gasteiger partial charge >= 0.3 is 0 Å². The number of hydrogen-bond donors (Lipinski definition) is 1. The Bertz CT molecular complexity index is 503. The van der Waals surface area contributed by atoms with Crippen molar-refractivity contribution in [3.05, 3.63) is 5.69 Å². The van der Waals surface area contributed by atoms with Gasteiger partial charge in [0.1, 0.15) is 4.88 Å². The molecule has 0 aromatic carbocycles. The van der Waals surface area contributed by atoms with E-state index in [2.05, 4.69) is 29.0 Å². The summed E-state index contributed by atoms with van der Waals surface area (Å²) in [5, 5.41) is 4.48. The van der Waals surface area contributed by atoms with E-state index in [0.29, 0.717) is 17.0 Å². The average molecular weight is 253 g/mol. The van der Waals surface area contributed by atoms with Crippen LogP contribution in [0.5, 0.6) is 0 Å². The fourth-order valence-corrected chi connectivity index (χ4v) is 2.31. The molecule has 2 heterocycles. The molecule has 2 N–H and O–H groups in total. The Hall–Kier alpha value is -1.63. The number of aromatic nitrogens is 3. The second-order valence-corrected chi connectivity index (χ2v) is 4.57. The second-order valence-electron chi connectivity index (χ2n) is 3.54. The van der Waals surface area contributed by atoms with Crippen LogP contribution in [0.4, 0.5) is 11.1 Å². The van der Waals surface area contributed by atoms with Crippen molar-refractivity contribution in [2.75, 3.05) is 23.7 Å². The molecule has 2 aromatic heterocycles. The maximum Gasteiger partial charge on any atom is 0.271 e. The summed E-state index contributed by atoms with van der Waals surface area (Å²) in [5.74, 6) is 1.09. The number of anilines is 2. The van der Waals surface area contributed by atoms with Crippen LogP contribution in [-0.4, -0.2) is 28.2 Å². The number of hydrogen-bond acceptors (Lipinski definition) is 7. The lowest BCUT2D eigenvalue weighted by Crippen LogP contribution is -2.22. The first-order chi connectivity index (χ1) is 8.15. The minimum absolute atomic E-state index is 0.485. The number of nitrogens with two attached hydrogens (primary N) is 1. The van der Waals surface area contributed by atoms with E-state index in [-0.39, 0.29) is 0 Å². The lowest BCUT2D eigenvalue weighted by Gasteiger charge is -2.14. The fourth-order valence-electron chi connectivity index (χ4n) is 1.56. The van der Waals surface area contributed by atoms with Crippen molar-refractivity contribution in [1.82, 2.24) is 15.1 Å². The Morgan fingerprint density at radius 2 is 2.00 bits per heavy atom. The van der Waals surface area contributed by atoms with Gasteiger partial charge in [0.05, 0.1) is 5.69 Å². The van der Waals surface area contributed by atoms with Crippen LogP contribution < -0.4 is 10.6 Å². The summed E-state index contributed by atoms with van der Waals surface area (Å²) < 4.78 is 5.24. The quantitative estimate of drug-likeness (QED) is 0.896. The van der Waals surface area contributed by atoms with Gasteiger partial charge in [-0.3, -0.25) is 0 Å². The molecule has 0 saturated heterocycles. The van der Waals surface area contributed by atoms with E-state index in [9.17, 15) is 0 Å². The molecule has 0 saturated carbocycles. The van der Waals surface area contributed by atoms with Crippen molar-refractivity contribution in [3.8, 4) is 10.8 Å². The summed E-state index contributed by atoms with van der Waals surface area (Å²) in [6, 6.07) is 0. The van der Waals surface area contributed by atoms with E-state index in [4.69, 9.17) is 10.3 Å². The highest BCUT2D eigenvalue weighted by Gasteiger charge is 2.17. The van der Waals surface area contributed by atoms with Crippen molar-refractivity contribution in [1.29, 1.82) is 0 Å². The van der Waals surface area contributed by atoms with Crippen LogP contribution in [0.1, 0.15) is 19.5 Å². The van der Waals surface area contributed by atoms with Gasteiger partial charge in [0.25, 0.3) is 11.8 Å². The zero-order valence-electron chi connectivity index (χ0n) is 10.1. The molecule has 17 heavy (non-hydrogen) atoms. The van der Waals surface area contributed by atoms with Crippen LogP contribution in [0.25, 0.3) is 10.8 Å². The minimum atomic E-state index is 0.485. The van der Waals surface area contributed by atoms with E-state index in [1.165, 1.54) is 11.3 Å². The molecule has 0 aliphatic heterocycles. The third-order valence-corrected chi connectivity index (χ3v) is 3.44. The smallest absolute Gasteiger partial charge is 0.271 e. The summed E-state index contributed by atoms with van der Waals surface area (Å²) in [4.78, 5) is 11.4. The number of nitrogens with zero attached hydrogens (tertiary/aromatic N) is 4. The maximum atomic E-state index is 5.64. The summed E-state index contributed by atoms with van der Waals surface area (Å²) in [6.07, 6.45) is 0. The summed E-state index contributed by atoms with van der Waals surface area (Å²) in [7, 11) is 0. The average Bonchev–Trinajstić information content (AvgIpc) is 2.87. The summed E-state index contributed by atoms with van der Waals surface area (Å²) >= 11 is 1.36. The molecule has 92 valence electrons. The van der Waals surface area contributed by atoms with E-state index >= 15 is 0 Å². The Morgan fingerprint density at radius 3 is 2.53 bits per heavy atom. The van der Waals surface area contributed by atoms with Crippen LogP contribution in [0.15, 0.2) is 4.52 Å². The molecule has 0 unspecified atom stereocenters. The maximum absolute atomic E-state index is 5.64. The van der Waals surface area contributed by atoms with Crippen LogP contribution >= 0.6 is 11.3 Å². The number of rotatable bonds is 4. The predicted molar refractivity (Wildman–Crippen MR) is 68.1 cm³/mol. The van der Waals surface area contributed by atoms with Gasteiger partial charge in [-0.05, 0) is 25.9 Å². The summed E-state index contributed by atoms with van der Waals surface area (Å²) in [6.45, 7) is 7.67. The fraction of sp³-hybridized carbons (Fsp3) is 0.500. The third kappa shape index (κ3) is 2.23. The van der Waals surface area contributed by atoms with Crippen molar-refractivity contribution in [2.24, 2.45) is 0 Å². The van der Waals surface area contributed by atoms with Gasteiger partial charge in [0.2, 0.25) is 0 Å². The van der Waals surface area contributed by atoms with E-state index in [1.807, 2.05) is 11.8 Å². The zero-order valence-corrected chi connectivity index (χ0v) is 10.9. The molecule has 0 aliphatic carbocycles. The minimum Gasteiger partial charge on any atom is -0.375 e. The van der Waals surface area contributed by atoms with Gasteiger partial charge in [-0.25, -0.2) is 4.98 Å². The normalized spacial score (nSPS) is 10.8. The predicted octanol–water partition coefficient (Wildman–Crippen LogP) is 1.93. The highest BCUT2D eigenvalue weighted by molar-refractivity contribution is 7.18. The van der Waals surface area contributed by atoms with Crippen LogP contribution in [0, 0.1) is 6.92 Å². The van der Waals surface area contributed by atoms with Gasteiger partial charge in [-0.2, -0.15) is 4.98 Å². The zero-order chi connectivity index (χ0) is 12.4. The molecule has 0 amide bonds. The SMILES string of the molecule is CCN(CC)c1noc(-c2sc(N)nc2C)n1. The van der Waals surface area contributed by atoms with Crippen molar-refractivity contribution in [3.63, 3.8) is 0 Å². The Balaban J connectivity index is 2.32. The van der Waals surface area contributed by atoms with E-state index in [1.54, 1.807) is 0 Å². The van der Waals surface area contributed by atoms with Crippen molar-refractivity contribution in [2.45, 2.75) is 20.8 Å². The van der Waals surface area contributed by atoms with E-state index in [0.717, 1.165) is 23.7 Å². The molecule has 2 rings (SSSR count). The molecular weight excluding hydrogens is 238 g/mol. The first-order valence-corrected chi connectivity index (χ1v) is 6.29. The number of thiazole rings is 1. The number of nitrogen functional groups attached to an aromatic ring is 1. The topological polar surface area (TPSA) is 81.1 Å². The first-order valence-electron chi connectivity index (χ1n) is 5.47. The molecule has 0 fully saturated rings. The molecule has 0 atom stereocenters. The molecule has 0 bridgehead atoms. The lowest BCUT2D eigenvalue weighted by molar-refractivity contribution is 0.430. The van der Waals surface area contributed by atoms with Gasteiger partial charge in [-0.15, -0.1) is 0 Å². The monoisotopic (exact) mass is 253 g/mol. The third-order valence-electron chi connectivity index (χ3n) is 2.47.